The molecule has 15 heavy (non-hydrogen) atoms. The van der Waals surface area contributed by atoms with E-state index >= 15 is 0 Å². The number of thioether (sulfide) groups is 1. The third-order valence-corrected chi connectivity index (χ3v) is 3.77. The summed E-state index contributed by atoms with van der Waals surface area (Å²) in [5.74, 6) is 1.39. The van der Waals surface area contributed by atoms with Gasteiger partial charge in [-0.1, -0.05) is 12.2 Å². The van der Waals surface area contributed by atoms with Crippen molar-refractivity contribution in [3.05, 3.63) is 12.2 Å². The second-order valence-electron chi connectivity index (χ2n) is 4.04. The predicted octanol–water partition coefficient (Wildman–Crippen LogP) is 1.44. The molecule has 3 nitrogen and oxygen atoms in total. The zero-order chi connectivity index (χ0) is 10.7. The standard InChI is InChI=1S/C11H15NO2S/c13-10-7-15-8-11(14)12(10)6-9-4-2-1-3-5-9/h1-2,9H,3-8H2. The molecule has 1 saturated heterocycles. The molecule has 0 aromatic rings. The van der Waals surface area contributed by atoms with E-state index in [1.54, 1.807) is 0 Å². The van der Waals surface area contributed by atoms with Crippen molar-refractivity contribution in [2.75, 3.05) is 18.1 Å². The van der Waals surface area contributed by atoms with Crippen LogP contribution in [0.3, 0.4) is 0 Å². The van der Waals surface area contributed by atoms with Crippen LogP contribution in [0.5, 0.6) is 0 Å². The first kappa shape index (κ1) is 10.7. The van der Waals surface area contributed by atoms with Crippen LogP contribution in [-0.2, 0) is 9.59 Å². The quantitative estimate of drug-likeness (QED) is 0.527. The van der Waals surface area contributed by atoms with E-state index in [1.165, 1.54) is 16.7 Å². The molecule has 2 amide bonds. The Kier molecular flexibility index (Phi) is 3.46. The molecule has 1 heterocycles. The Morgan fingerprint density at radius 2 is 2.00 bits per heavy atom. The minimum absolute atomic E-state index is 0.00852. The van der Waals surface area contributed by atoms with Crippen LogP contribution in [0.2, 0.25) is 0 Å². The van der Waals surface area contributed by atoms with Gasteiger partial charge >= 0.3 is 0 Å². The van der Waals surface area contributed by atoms with E-state index in [-0.39, 0.29) is 11.8 Å². The van der Waals surface area contributed by atoms with E-state index in [0.717, 1.165) is 19.3 Å². The molecule has 0 aromatic carbocycles. The summed E-state index contributed by atoms with van der Waals surface area (Å²) in [5, 5.41) is 0. The second-order valence-corrected chi connectivity index (χ2v) is 5.03. The molecule has 4 heteroatoms. The number of amides is 2. The van der Waals surface area contributed by atoms with Crippen LogP contribution in [0.1, 0.15) is 19.3 Å². The number of nitrogens with zero attached hydrogens (tertiary/aromatic N) is 1. The van der Waals surface area contributed by atoms with E-state index in [2.05, 4.69) is 12.2 Å². The van der Waals surface area contributed by atoms with Gasteiger partial charge in [-0.05, 0) is 25.2 Å². The summed E-state index contributed by atoms with van der Waals surface area (Å²) in [6, 6.07) is 0. The fraction of sp³-hybridized carbons (Fsp3) is 0.636. The summed E-state index contributed by atoms with van der Waals surface area (Å²) >= 11 is 1.42. The molecule has 0 bridgehead atoms. The lowest BCUT2D eigenvalue weighted by atomic mass is 9.94. The van der Waals surface area contributed by atoms with Crippen molar-refractivity contribution >= 4 is 23.6 Å². The van der Waals surface area contributed by atoms with Crippen LogP contribution in [0.15, 0.2) is 12.2 Å². The number of imide groups is 1. The highest BCUT2D eigenvalue weighted by molar-refractivity contribution is 8.00. The number of allylic oxidation sites excluding steroid dienone is 2. The smallest absolute Gasteiger partial charge is 0.239 e. The molecule has 0 saturated carbocycles. The van der Waals surface area contributed by atoms with Crippen LogP contribution < -0.4 is 0 Å². The maximum Gasteiger partial charge on any atom is 0.239 e. The van der Waals surface area contributed by atoms with E-state index in [4.69, 9.17) is 0 Å². The van der Waals surface area contributed by atoms with Crippen LogP contribution >= 0.6 is 11.8 Å². The number of hydrogen-bond donors (Lipinski definition) is 0. The Bertz CT molecular complexity index is 285. The Hall–Kier alpha value is -0.770. The number of hydrogen-bond acceptors (Lipinski definition) is 3. The summed E-state index contributed by atoms with van der Waals surface area (Å²) < 4.78 is 0. The zero-order valence-corrected chi connectivity index (χ0v) is 9.46. The van der Waals surface area contributed by atoms with Crippen molar-refractivity contribution < 1.29 is 9.59 Å². The molecule has 1 atom stereocenters. The van der Waals surface area contributed by atoms with Gasteiger partial charge in [0.15, 0.2) is 0 Å². The molecule has 0 radical (unpaired) electrons. The molecule has 0 N–H and O–H groups in total. The molecular formula is C11H15NO2S. The Labute approximate surface area is 93.9 Å². The maximum atomic E-state index is 11.5. The highest BCUT2D eigenvalue weighted by Crippen LogP contribution is 2.21. The van der Waals surface area contributed by atoms with Gasteiger partial charge in [-0.3, -0.25) is 14.5 Å². The van der Waals surface area contributed by atoms with Crippen molar-refractivity contribution in [1.29, 1.82) is 0 Å². The minimum atomic E-state index is -0.00852. The molecule has 1 aliphatic carbocycles. The first-order valence-electron chi connectivity index (χ1n) is 5.33. The fourth-order valence-electron chi connectivity index (χ4n) is 2.00. The van der Waals surface area contributed by atoms with Crippen LogP contribution in [0.25, 0.3) is 0 Å². The molecule has 2 rings (SSSR count). The van der Waals surface area contributed by atoms with E-state index < -0.39 is 0 Å². The second kappa shape index (κ2) is 4.84. The SMILES string of the molecule is O=C1CSCC(=O)N1CC1CC=CCC1. The normalized spacial score (nSPS) is 27.2. The van der Waals surface area contributed by atoms with Gasteiger partial charge in [0, 0.05) is 6.54 Å². The Morgan fingerprint density at radius 3 is 2.60 bits per heavy atom. The third-order valence-electron chi connectivity index (χ3n) is 2.87. The van der Waals surface area contributed by atoms with E-state index in [0.29, 0.717) is 24.0 Å². The number of rotatable bonds is 2. The minimum Gasteiger partial charge on any atom is -0.281 e. The van der Waals surface area contributed by atoms with Gasteiger partial charge in [0.1, 0.15) is 0 Å². The highest BCUT2D eigenvalue weighted by Gasteiger charge is 2.28. The predicted molar refractivity (Wildman–Crippen MR) is 60.5 cm³/mol. The van der Waals surface area contributed by atoms with Crippen molar-refractivity contribution in [3.8, 4) is 0 Å². The van der Waals surface area contributed by atoms with Crippen LogP contribution in [0.4, 0.5) is 0 Å². The molecule has 2 aliphatic rings. The highest BCUT2D eigenvalue weighted by atomic mass is 32.2. The molecule has 82 valence electrons. The van der Waals surface area contributed by atoms with Crippen molar-refractivity contribution in [2.24, 2.45) is 5.92 Å². The van der Waals surface area contributed by atoms with Crippen molar-refractivity contribution in [1.82, 2.24) is 4.90 Å². The van der Waals surface area contributed by atoms with Gasteiger partial charge in [-0.2, -0.15) is 0 Å². The van der Waals surface area contributed by atoms with Gasteiger partial charge in [-0.25, -0.2) is 0 Å². The molecule has 0 aromatic heterocycles. The Balaban J connectivity index is 1.93. The van der Waals surface area contributed by atoms with Gasteiger partial charge in [0.25, 0.3) is 0 Å². The summed E-state index contributed by atoms with van der Waals surface area (Å²) in [4.78, 5) is 24.5. The van der Waals surface area contributed by atoms with Crippen molar-refractivity contribution in [2.45, 2.75) is 19.3 Å². The fourth-order valence-corrected chi connectivity index (χ4v) is 2.77. The first-order chi connectivity index (χ1) is 7.27. The van der Waals surface area contributed by atoms with Crippen molar-refractivity contribution in [3.63, 3.8) is 0 Å². The summed E-state index contributed by atoms with van der Waals surface area (Å²) in [5.41, 5.74) is 0. The van der Waals surface area contributed by atoms with Gasteiger partial charge < -0.3 is 0 Å². The van der Waals surface area contributed by atoms with E-state index in [9.17, 15) is 9.59 Å². The van der Waals surface area contributed by atoms with Gasteiger partial charge in [-0.15, -0.1) is 11.8 Å². The topological polar surface area (TPSA) is 37.4 Å². The summed E-state index contributed by atoms with van der Waals surface area (Å²) in [6.07, 6.45) is 7.51. The third kappa shape index (κ3) is 2.62. The van der Waals surface area contributed by atoms with Gasteiger partial charge in [0.05, 0.1) is 11.5 Å². The van der Waals surface area contributed by atoms with Crippen LogP contribution in [-0.4, -0.2) is 34.8 Å². The van der Waals surface area contributed by atoms with E-state index in [1.807, 2.05) is 0 Å². The lowest BCUT2D eigenvalue weighted by molar-refractivity contribution is -0.142. The van der Waals surface area contributed by atoms with Crippen LogP contribution in [0, 0.1) is 5.92 Å². The maximum absolute atomic E-state index is 11.5. The molecule has 1 unspecified atom stereocenters. The lowest BCUT2D eigenvalue weighted by Crippen LogP contribution is -2.45. The average Bonchev–Trinajstić information content (AvgIpc) is 2.25. The van der Waals surface area contributed by atoms with Gasteiger partial charge in [0.2, 0.25) is 11.8 Å². The lowest BCUT2D eigenvalue weighted by Gasteiger charge is -2.29. The molecular weight excluding hydrogens is 210 g/mol. The summed E-state index contributed by atoms with van der Waals surface area (Å²) in [7, 11) is 0. The Morgan fingerprint density at radius 1 is 1.27 bits per heavy atom. The first-order valence-corrected chi connectivity index (χ1v) is 6.49. The monoisotopic (exact) mass is 225 g/mol. The largest absolute Gasteiger partial charge is 0.281 e. The average molecular weight is 225 g/mol. The zero-order valence-electron chi connectivity index (χ0n) is 8.65. The number of carbonyl (C=O) groups excluding carboxylic acids is 2. The molecule has 1 aliphatic heterocycles. The molecule has 1 fully saturated rings. The summed E-state index contributed by atoms with van der Waals surface area (Å²) in [6.45, 7) is 0.628. The molecule has 0 spiro atoms. The number of carbonyl (C=O) groups is 2.